The molecule has 2 saturated heterocycles. The van der Waals surface area contributed by atoms with E-state index in [2.05, 4.69) is 63.5 Å². The number of unbranched alkanes of at least 4 members (excludes halogenated alkanes) is 1. The van der Waals surface area contributed by atoms with E-state index in [9.17, 15) is 101 Å². The molecule has 0 spiro atoms. The van der Waals surface area contributed by atoms with Crippen LogP contribution in [0.3, 0.4) is 0 Å². The number of nitrogens with two attached hydrogens (primary N) is 3. The van der Waals surface area contributed by atoms with Crippen molar-refractivity contribution in [1.29, 1.82) is 0 Å². The summed E-state index contributed by atoms with van der Waals surface area (Å²) < 4.78 is 82.1. The zero-order valence-electron chi connectivity index (χ0n) is 79.2. The number of imide groups is 1. The number of fused-ring (bicyclic) bond motifs is 5. The molecule has 0 aliphatic carbocycles. The lowest BCUT2D eigenvalue weighted by Crippen LogP contribution is -2.64. The second kappa shape index (κ2) is 69.0. The molecule has 3 aliphatic rings. The van der Waals surface area contributed by atoms with Crippen molar-refractivity contribution in [2.75, 3.05) is 182 Å². The van der Waals surface area contributed by atoms with Crippen LogP contribution < -0.4 is 75.7 Å². The van der Waals surface area contributed by atoms with Gasteiger partial charge in [-0.3, -0.25) is 98.3 Å². The first-order valence-electron chi connectivity index (χ1n) is 44.4. The number of β-amino-alcohol motifs (C(OH)–C–C–N with tert-alkyl or cyclic N) is 1. The van der Waals surface area contributed by atoms with Crippen LogP contribution in [-0.2, 0) is 116 Å². The molecule has 2 fully saturated rings. The van der Waals surface area contributed by atoms with Gasteiger partial charge in [-0.1, -0.05) is 69.6 Å². The van der Waals surface area contributed by atoms with Crippen LogP contribution in [0.1, 0.15) is 97.6 Å². The number of aliphatic imine (C=N–C) groups is 1. The van der Waals surface area contributed by atoms with Gasteiger partial charge in [0.25, 0.3) is 21.9 Å². The van der Waals surface area contributed by atoms with Gasteiger partial charge in [0.2, 0.25) is 41.4 Å². The van der Waals surface area contributed by atoms with E-state index in [1.54, 1.807) is 84.0 Å². The number of guanidine groups is 1. The SMILES string of the molecule is CN(OCCOCC[18F])C(=O)OC(C)(C)C.Cc1ccc(S(=O)(=O)OCCOCCON(C)C(=O)OC(C)(C)C)cc1.NC(=O)COCC(=O)NCCOCCOCCOCCNC(=O)[C@@H]1CSCC(=O)N[C@@H](CCCCNC(=O)CCN2C(=O)C=CC2=O)C(=O)N[C@H]2CSSC[C@H](N[C@H](O)[C@H](CC(=O)O)N[C@@H](O)CN[C@H](O)[C@H](CCCN=C(N)N)NC2=O)[C@H](O)N[C@@H](Cc2ccccc2)[C@@H](O)N1. The van der Waals surface area contributed by atoms with Crippen LogP contribution in [0, 0.1) is 6.92 Å². The molecule has 2 aromatic rings. The molecule has 2 bridgehead atoms. The van der Waals surface area contributed by atoms with E-state index in [1.807, 2.05) is 6.92 Å². The predicted octanol–water partition coefficient (Wildman–Crippen LogP) is -3.96. The van der Waals surface area contributed by atoms with Gasteiger partial charge in [-0.2, -0.15) is 18.5 Å². The fraction of sp³-hybridized carbons (Fsp3) is 0.679. The van der Waals surface area contributed by atoms with E-state index in [4.69, 9.17) is 69.0 Å². The van der Waals surface area contributed by atoms with Crippen molar-refractivity contribution in [1.82, 2.24) is 73.5 Å². The number of carbonyl (C=O) groups is 12. The molecular weight excluding hydrogens is 1900 g/mol. The van der Waals surface area contributed by atoms with Gasteiger partial charge in [0.05, 0.1) is 133 Å². The van der Waals surface area contributed by atoms with Crippen molar-refractivity contribution >= 4 is 121 Å². The molecule has 49 nitrogen and oxygen atoms in total. The monoisotopic (exact) mass is 2040 g/mol. The second-order valence-corrected chi connectivity index (χ2v) is 37.9. The molecule has 54 heteroatoms. The highest BCUT2D eigenvalue weighted by molar-refractivity contribution is 8.76. The minimum Gasteiger partial charge on any atom is -0.481 e. The topological polar surface area (TPSA) is 694 Å². The van der Waals surface area contributed by atoms with Crippen molar-refractivity contribution in [2.45, 2.75) is 189 Å². The Bertz CT molecular complexity index is 4130. The average molecular weight is 2050 g/mol. The smallest absolute Gasteiger partial charge is 0.434 e. The van der Waals surface area contributed by atoms with Crippen molar-refractivity contribution in [3.8, 4) is 0 Å². The lowest BCUT2D eigenvalue weighted by atomic mass is 10.0. The van der Waals surface area contributed by atoms with Gasteiger partial charge in [-0.15, -0.1) is 11.8 Å². The number of alkyl halides is 1. The number of nitrogens with zero attached hydrogens (tertiary/aromatic N) is 4. The molecular formula is C84H141FN18O31S4. The normalized spacial score (nSPS) is 21.3. The van der Waals surface area contributed by atoms with Gasteiger partial charge >= 0.3 is 18.2 Å². The molecule has 3 heterocycles. The number of hydrogen-bond acceptors (Lipinski definition) is 39. The lowest BCUT2D eigenvalue weighted by molar-refractivity contribution is -0.142. The van der Waals surface area contributed by atoms with Crippen LogP contribution in [0.2, 0.25) is 0 Å². The number of carboxylic acid groups (broad SMARTS) is 1. The fourth-order valence-electron chi connectivity index (χ4n) is 11.8. The molecule has 0 aromatic heterocycles. The Balaban J connectivity index is 0.000000949. The molecule has 11 amide bonds. The number of carbonyl (C=O) groups excluding carboxylic acids is 11. The number of aliphatic hydroxyl groups excluding tert-OH is 5. The molecule has 0 radical (unpaired) electrons. The maximum atomic E-state index is 14.6. The number of hydrogen-bond donors (Lipinski definition) is 20. The average Bonchev–Trinajstić information content (AvgIpc) is 1.26. The number of aliphatic hydroxyl groups is 5. The summed E-state index contributed by atoms with van der Waals surface area (Å²) in [7, 11) is 1.17. The Morgan fingerprint density at radius 1 is 0.587 bits per heavy atom. The Kier molecular flexibility index (Phi) is 61.6. The molecule has 5 rings (SSSR count). The summed E-state index contributed by atoms with van der Waals surface area (Å²) in [5.41, 5.74) is 16.5. The van der Waals surface area contributed by atoms with E-state index in [-0.39, 0.29) is 211 Å². The minimum atomic E-state index is -3.79. The molecule has 0 unspecified atom stereocenters. The van der Waals surface area contributed by atoms with Crippen LogP contribution in [0.4, 0.5) is 14.0 Å². The molecule has 784 valence electrons. The van der Waals surface area contributed by atoms with E-state index >= 15 is 0 Å². The Labute approximate surface area is 814 Å². The van der Waals surface area contributed by atoms with Crippen molar-refractivity contribution in [2.24, 2.45) is 22.2 Å². The fourth-order valence-corrected chi connectivity index (χ4v) is 16.0. The van der Waals surface area contributed by atoms with E-state index in [0.29, 0.717) is 5.56 Å². The van der Waals surface area contributed by atoms with E-state index in [1.165, 1.54) is 26.2 Å². The number of benzene rings is 2. The molecule has 2 aromatic carbocycles. The number of nitrogens with one attached hydrogen (secondary N) is 11. The predicted molar refractivity (Wildman–Crippen MR) is 504 cm³/mol. The maximum Gasteiger partial charge on any atom is 0.434 e. The van der Waals surface area contributed by atoms with Crippen LogP contribution in [0.15, 0.2) is 76.6 Å². The highest BCUT2D eigenvalue weighted by atomic mass is 33.1. The van der Waals surface area contributed by atoms with Gasteiger partial charge in [-0.25, -0.2) is 14.0 Å². The Hall–Kier alpha value is -8.94. The summed E-state index contributed by atoms with van der Waals surface area (Å²) in [5, 5.41) is 101. The number of rotatable bonds is 48. The third-order valence-electron chi connectivity index (χ3n) is 18.6. The zero-order valence-corrected chi connectivity index (χ0v) is 82.5. The number of aryl methyl sites for hydroxylation is 1. The first-order valence-corrected chi connectivity index (χ1v) is 49.4. The standard InChI is InChI=1S/C57H94N16O20S3.C17H27NO7S.C10H20FNO4/c58-42(74)28-93-29-45(77)62-16-19-90-21-23-92-24-22-91-20-17-63-51(84)39-30-94-33-46(78)66-36(9-4-5-14-61-43(75)13-18-73-47(79)11-12-48(73)80)52(85)71-40-31-95-96-32-41(56(89)69-37(53(86)70-39)25-34-7-2-1-3-8-34)72-54(87)38(26-49(81)82)67-44(76)27-65-50(83)35(68-55(40)88)10-6-15-64-57(59)60;1-14-6-8-15(9-7-14)26(20,21)24-13-11-22-10-12-23-18(5)16(19)25-17(2,3)4;1-10(2,3)16-9(13)12(4)15-8-7-14-6-5-11/h1-3,7-8,11-12,35-41,44,50,53-54,56,65,67,69-70,72,76,83,86-87,89H,4-6,9-10,13-33H2,(H2,58,74)(H,61,75)(H,62,77)(H,63,84)(H,66,78)(H,68,88)(H,71,85)(H,81,82)(H4,59,60,64);6-9H,10-13H2,1-5H3;5-8H2,1-4H3/t35-,36-,37-,38-,39-,40-,41-,44-,50+,53+,54+,56-;;/m0../s1/i;;11-1. The van der Waals surface area contributed by atoms with Crippen LogP contribution in [-0.4, -0.2) is 398 Å². The van der Waals surface area contributed by atoms with Gasteiger partial charge in [0.1, 0.15) is 74.3 Å². The van der Waals surface area contributed by atoms with Gasteiger partial charge in [-0.05, 0) is 105 Å². The number of hydroxylamine groups is 4. The molecule has 3 aliphatic heterocycles. The number of halogens is 1. The van der Waals surface area contributed by atoms with E-state index in [0.717, 1.165) is 66.1 Å². The van der Waals surface area contributed by atoms with Gasteiger partial charge < -0.3 is 118 Å². The molecule has 138 heavy (non-hydrogen) atoms. The summed E-state index contributed by atoms with van der Waals surface area (Å²) in [6.07, 6.45) is -7.71. The molecule has 12 atom stereocenters. The van der Waals surface area contributed by atoms with Crippen LogP contribution >= 0.6 is 33.3 Å². The molecule has 0 saturated carbocycles. The minimum absolute atomic E-state index is 0.0127. The summed E-state index contributed by atoms with van der Waals surface area (Å²) in [6.45, 7) is 12.5. The first kappa shape index (κ1) is 123. The maximum absolute atomic E-state index is 14.6. The third kappa shape index (κ3) is 57.1. The number of aliphatic carboxylic acids is 1. The lowest BCUT2D eigenvalue weighted by Gasteiger charge is -2.35. The van der Waals surface area contributed by atoms with Crippen molar-refractivity contribution in [3.63, 3.8) is 0 Å². The number of amides is 11. The number of primary amides is 1. The van der Waals surface area contributed by atoms with Gasteiger partial charge in [0, 0.05) is 89.2 Å². The summed E-state index contributed by atoms with van der Waals surface area (Å²) in [6, 6.07) is 6.15. The first-order chi connectivity index (χ1) is 65.4. The Morgan fingerprint density at radius 3 is 1.74 bits per heavy atom. The largest absolute Gasteiger partial charge is 0.481 e. The zero-order chi connectivity index (χ0) is 103. The summed E-state index contributed by atoms with van der Waals surface area (Å²) in [5.74, 6) is -8.11. The molecule has 23 N–H and O–H groups in total. The Morgan fingerprint density at radius 2 is 1.15 bits per heavy atom. The quantitative estimate of drug-likeness (QED) is 0.00572. The highest BCUT2D eigenvalue weighted by Crippen LogP contribution is 2.26. The highest BCUT2D eigenvalue weighted by Gasteiger charge is 2.37. The number of carboxylic acids is 1. The number of thioether (sulfide) groups is 1. The summed E-state index contributed by atoms with van der Waals surface area (Å²) in [4.78, 5) is 167. The van der Waals surface area contributed by atoms with Crippen molar-refractivity contribution in [3.05, 3.63) is 77.9 Å². The van der Waals surface area contributed by atoms with Crippen LogP contribution in [0.5, 0.6) is 0 Å². The van der Waals surface area contributed by atoms with Gasteiger partial charge in [0.15, 0.2) is 5.96 Å². The number of ether oxygens (including phenoxy) is 8. The van der Waals surface area contributed by atoms with Crippen molar-refractivity contribution < 1.29 is 153 Å². The second-order valence-electron chi connectivity index (χ2n) is 32.7. The summed E-state index contributed by atoms with van der Waals surface area (Å²) >= 11 is 0.955. The van der Waals surface area contributed by atoms with E-state index < -0.39 is 186 Å². The van der Waals surface area contributed by atoms with Crippen LogP contribution in [0.25, 0.3) is 0 Å². The third-order valence-corrected chi connectivity index (χ3v) is 23.4.